The molecule has 0 bridgehead atoms. The molecular formula is C47H75N15O16S. The van der Waals surface area contributed by atoms with Crippen LogP contribution in [0.5, 0.6) is 5.75 Å². The van der Waals surface area contributed by atoms with Gasteiger partial charge in [0.1, 0.15) is 60.1 Å². The summed E-state index contributed by atoms with van der Waals surface area (Å²) in [6.07, 6.45) is 4.74. The van der Waals surface area contributed by atoms with Gasteiger partial charge in [0, 0.05) is 31.3 Å². The van der Waals surface area contributed by atoms with Crippen LogP contribution in [0.2, 0.25) is 0 Å². The molecule has 440 valence electrons. The van der Waals surface area contributed by atoms with E-state index in [1.165, 1.54) is 62.4 Å². The van der Waals surface area contributed by atoms with E-state index in [0.29, 0.717) is 23.4 Å². The van der Waals surface area contributed by atoms with Crippen LogP contribution in [0.15, 0.2) is 41.8 Å². The third kappa shape index (κ3) is 23.5. The number of aliphatic hydroxyl groups excluding tert-OH is 4. The number of carbonyl (C=O) groups excluding carboxylic acids is 9. The van der Waals surface area contributed by atoms with Gasteiger partial charge in [0.25, 0.3) is 0 Å². The first-order chi connectivity index (χ1) is 37.4. The molecule has 11 atom stereocenters. The number of nitrogens with zero attached hydrogens (tertiary/aromatic N) is 2. The summed E-state index contributed by atoms with van der Waals surface area (Å²) in [6, 6.07) is -9.85. The van der Waals surface area contributed by atoms with Gasteiger partial charge in [-0.1, -0.05) is 32.4 Å². The smallest absolute Gasteiger partial charge is 0.326 e. The SMILES string of the molecule is CC[C@H](C)[C@H](NC(=O)[C@H](CO)NC(=O)[C@H](CO)NC(=O)[C@H](CO)NC(=O)[C@H](C)NC(=O)[C@@H](N)CCCN=C(N)N)C(=O)N[C@@H](CO)C(=O)N[C@@H](Cc1ccc(O)cc1)C(=O)N[C@@H](CCSC)C(=O)N[C@@H](Cc1cnc[nH]1)C(=O)O. The van der Waals surface area contributed by atoms with Crippen molar-refractivity contribution in [2.75, 3.05) is 45.0 Å². The predicted molar refractivity (Wildman–Crippen MR) is 283 cm³/mol. The van der Waals surface area contributed by atoms with E-state index in [2.05, 4.69) is 62.8 Å². The molecule has 0 unspecified atom stereocenters. The maximum atomic E-state index is 14.0. The molecule has 0 aliphatic heterocycles. The highest BCUT2D eigenvalue weighted by molar-refractivity contribution is 7.98. The number of aliphatic carboxylic acids is 1. The number of guanidine groups is 1. The Bertz CT molecular complexity index is 2360. The zero-order chi connectivity index (χ0) is 59.4. The summed E-state index contributed by atoms with van der Waals surface area (Å²) in [5.41, 5.74) is 17.2. The van der Waals surface area contributed by atoms with E-state index in [-0.39, 0.29) is 50.4 Å². The molecule has 0 saturated carbocycles. The number of nitrogens with one attached hydrogen (secondary N) is 10. The second kappa shape index (κ2) is 35.0. The Hall–Kier alpha value is -7.65. The molecule has 0 radical (unpaired) electrons. The van der Waals surface area contributed by atoms with Crippen LogP contribution in [-0.4, -0.2) is 211 Å². The molecule has 0 saturated heterocycles. The number of aromatic amines is 1. The van der Waals surface area contributed by atoms with Crippen molar-refractivity contribution in [3.05, 3.63) is 48.0 Å². The highest BCUT2D eigenvalue weighted by Gasteiger charge is 2.36. The topological polar surface area (TPSA) is 519 Å². The fourth-order valence-electron chi connectivity index (χ4n) is 7.09. The zero-order valence-corrected chi connectivity index (χ0v) is 44.9. The van der Waals surface area contributed by atoms with Crippen LogP contribution in [0.3, 0.4) is 0 Å². The lowest BCUT2D eigenvalue weighted by Crippen LogP contribution is -2.62. The minimum absolute atomic E-state index is 0.0195. The van der Waals surface area contributed by atoms with Crippen molar-refractivity contribution in [1.82, 2.24) is 57.8 Å². The van der Waals surface area contributed by atoms with Crippen molar-refractivity contribution >= 4 is 76.9 Å². The van der Waals surface area contributed by atoms with Crippen molar-refractivity contribution in [1.29, 1.82) is 0 Å². The minimum atomic E-state index is -1.85. The third-order valence-corrected chi connectivity index (χ3v) is 12.6. The molecule has 0 aliphatic rings. The largest absolute Gasteiger partial charge is 0.508 e. The third-order valence-electron chi connectivity index (χ3n) is 12.0. The molecule has 2 rings (SSSR count). The van der Waals surface area contributed by atoms with Gasteiger partial charge in [0.15, 0.2) is 5.96 Å². The number of benzene rings is 1. The number of imidazole rings is 1. The Morgan fingerprint density at radius 1 is 0.620 bits per heavy atom. The Morgan fingerprint density at radius 3 is 1.57 bits per heavy atom. The molecule has 0 aliphatic carbocycles. The average molecular weight is 1140 g/mol. The number of carboxylic acids is 1. The second-order valence-electron chi connectivity index (χ2n) is 18.1. The average Bonchev–Trinajstić information content (AvgIpc) is 3.94. The lowest BCUT2D eigenvalue weighted by atomic mass is 9.97. The van der Waals surface area contributed by atoms with Crippen molar-refractivity contribution in [3.8, 4) is 5.75 Å². The predicted octanol–water partition coefficient (Wildman–Crippen LogP) is -7.48. The number of hydrogen-bond acceptors (Lipinski definition) is 19. The molecule has 9 amide bonds. The van der Waals surface area contributed by atoms with Crippen LogP contribution < -0.4 is 65.1 Å². The van der Waals surface area contributed by atoms with E-state index in [9.17, 15) is 78.6 Å². The van der Waals surface area contributed by atoms with E-state index in [0.717, 1.165) is 0 Å². The van der Waals surface area contributed by atoms with Gasteiger partial charge >= 0.3 is 5.97 Å². The molecule has 1 aromatic heterocycles. The second-order valence-corrected chi connectivity index (χ2v) is 19.1. The van der Waals surface area contributed by atoms with Crippen LogP contribution in [0, 0.1) is 5.92 Å². The van der Waals surface area contributed by atoms with Gasteiger partial charge in [-0.15, -0.1) is 0 Å². The quantitative estimate of drug-likeness (QED) is 0.0171. The molecule has 1 aromatic carbocycles. The number of carboxylic acid groups (broad SMARTS) is 1. The lowest BCUT2D eigenvalue weighted by molar-refractivity contribution is -0.142. The Kier molecular flexibility index (Phi) is 29.9. The first kappa shape index (κ1) is 67.5. The molecule has 31 nitrogen and oxygen atoms in total. The molecule has 0 spiro atoms. The van der Waals surface area contributed by atoms with Gasteiger partial charge in [-0.05, 0) is 61.8 Å². The normalized spacial score (nSPS) is 15.2. The fraction of sp³-hybridized carbons (Fsp3) is 0.574. The molecule has 22 N–H and O–H groups in total. The van der Waals surface area contributed by atoms with Crippen molar-refractivity contribution < 1.29 is 78.6 Å². The first-order valence-corrected chi connectivity index (χ1v) is 26.3. The summed E-state index contributed by atoms with van der Waals surface area (Å²) in [4.78, 5) is 143. The molecule has 2 aromatic rings. The van der Waals surface area contributed by atoms with Crippen molar-refractivity contribution in [2.45, 2.75) is 120 Å². The Balaban J connectivity index is 2.21. The summed E-state index contributed by atoms with van der Waals surface area (Å²) in [6.45, 7) is 0.337. The number of rotatable bonds is 36. The standard InChI is InChI=1S/C47H75N15O16S/c1-5-23(2)36(62-44(75)35(21-66)60-43(74)33(19-64)59-42(73)32(18-63)58-37(68)24(3)54-38(69)28(48)7-6-13-52-47(49)50)45(76)61-34(20-65)41(72)56-30(15-25-8-10-27(67)11-9-25)40(71)55-29(12-14-79-4)39(70)57-31(46(77)78)16-26-17-51-22-53-26/h8-11,17,22-24,28-36,63-67H,5-7,12-16,18-21,48H2,1-4H3,(H,51,53)(H,54,69)(H,55,71)(H,56,72)(H,57,70)(H,58,68)(H,59,73)(H,60,74)(H,61,76)(H,62,75)(H,77,78)(H4,49,50,52)/t23-,24-,28-,29-,30-,31-,32-,33-,34-,35-,36-/m0/s1. The molecule has 1 heterocycles. The summed E-state index contributed by atoms with van der Waals surface area (Å²) < 4.78 is 0. The number of aliphatic imine (C=N–C) groups is 1. The summed E-state index contributed by atoms with van der Waals surface area (Å²) in [7, 11) is 0. The number of aromatic hydroxyl groups is 1. The summed E-state index contributed by atoms with van der Waals surface area (Å²) >= 11 is 1.33. The number of aliphatic hydroxyl groups is 4. The molecule has 0 fully saturated rings. The van der Waals surface area contributed by atoms with Gasteiger partial charge in [-0.3, -0.25) is 48.1 Å². The van der Waals surface area contributed by atoms with Gasteiger partial charge in [0.2, 0.25) is 53.2 Å². The molecule has 79 heavy (non-hydrogen) atoms. The van der Waals surface area contributed by atoms with Crippen LogP contribution >= 0.6 is 11.8 Å². The molecular weight excluding hydrogens is 1060 g/mol. The van der Waals surface area contributed by atoms with Gasteiger partial charge in [-0.2, -0.15) is 11.8 Å². The van der Waals surface area contributed by atoms with E-state index in [1.807, 2.05) is 0 Å². The van der Waals surface area contributed by atoms with Crippen molar-refractivity contribution in [3.63, 3.8) is 0 Å². The molecule has 32 heteroatoms. The lowest BCUT2D eigenvalue weighted by Gasteiger charge is -2.29. The van der Waals surface area contributed by atoms with Crippen molar-refractivity contribution in [2.24, 2.45) is 28.1 Å². The number of carbonyl (C=O) groups is 10. The summed E-state index contributed by atoms with van der Waals surface area (Å²) in [5, 5.41) is 81.1. The van der Waals surface area contributed by atoms with Crippen LogP contribution in [-0.2, 0) is 60.8 Å². The van der Waals surface area contributed by atoms with E-state index in [1.54, 1.807) is 13.2 Å². The maximum Gasteiger partial charge on any atom is 0.326 e. The fourth-order valence-corrected chi connectivity index (χ4v) is 7.56. The Labute approximate surface area is 458 Å². The maximum absolute atomic E-state index is 14.0. The van der Waals surface area contributed by atoms with Gasteiger partial charge in [-0.25, -0.2) is 9.78 Å². The first-order valence-electron chi connectivity index (χ1n) is 24.9. The highest BCUT2D eigenvalue weighted by atomic mass is 32.2. The number of phenolic OH excluding ortho intramolecular Hbond substituents is 1. The number of nitrogens with two attached hydrogens (primary N) is 3. The number of H-pyrrole nitrogens is 1. The zero-order valence-electron chi connectivity index (χ0n) is 44.1. The Morgan fingerprint density at radius 2 is 1.09 bits per heavy atom. The highest BCUT2D eigenvalue weighted by Crippen LogP contribution is 2.14. The number of thioether (sulfide) groups is 1. The van der Waals surface area contributed by atoms with Gasteiger partial charge < -0.3 is 101 Å². The number of phenols is 1. The van der Waals surface area contributed by atoms with Crippen LogP contribution in [0.25, 0.3) is 0 Å². The van der Waals surface area contributed by atoms with Gasteiger partial charge in [0.05, 0.1) is 38.8 Å². The van der Waals surface area contributed by atoms with Crippen LogP contribution in [0.4, 0.5) is 0 Å². The van der Waals surface area contributed by atoms with E-state index >= 15 is 0 Å². The number of aromatic nitrogens is 2. The minimum Gasteiger partial charge on any atom is -0.508 e. The van der Waals surface area contributed by atoms with E-state index in [4.69, 9.17) is 17.2 Å². The summed E-state index contributed by atoms with van der Waals surface area (Å²) in [5.74, 6) is -11.3. The van der Waals surface area contributed by atoms with Crippen LogP contribution in [0.1, 0.15) is 57.7 Å². The monoisotopic (exact) mass is 1140 g/mol. The number of hydrogen-bond donors (Lipinski definition) is 19. The van der Waals surface area contributed by atoms with E-state index < -0.39 is 152 Å². The number of amides is 9.